The van der Waals surface area contributed by atoms with Gasteiger partial charge in [0.15, 0.2) is 17.5 Å². The lowest BCUT2D eigenvalue weighted by atomic mass is 9.80. The largest absolute Gasteiger partial charge is 0.444 e. The van der Waals surface area contributed by atoms with Gasteiger partial charge in [-0.2, -0.15) is 4.98 Å². The lowest BCUT2D eigenvalue weighted by Gasteiger charge is -2.33. The zero-order valence-corrected chi connectivity index (χ0v) is 20.3. The van der Waals surface area contributed by atoms with Crippen LogP contribution in [0, 0.1) is 24.4 Å². The predicted molar refractivity (Wildman–Crippen MR) is 123 cm³/mol. The average Bonchev–Trinajstić information content (AvgIpc) is 3.37. The van der Waals surface area contributed by atoms with Crippen LogP contribution in [0.4, 0.5) is 18.0 Å². The SMILES string of the molecule is Cc1nc(C2C=Cn3c(nc4c3C[C@@H](NC(=O)OC(C)(C)C)[C@@H](c3cc(F)c(F)cc3F)C4)C2)no1. The minimum Gasteiger partial charge on any atom is -0.444 e. The number of aromatic nitrogens is 4. The number of carbonyl (C=O) groups is 1. The van der Waals surface area contributed by atoms with Gasteiger partial charge in [-0.05, 0) is 32.4 Å². The third kappa shape index (κ3) is 4.61. The Labute approximate surface area is 205 Å². The van der Waals surface area contributed by atoms with Crippen LogP contribution in [-0.2, 0) is 24.0 Å². The Balaban J connectivity index is 1.49. The molecular formula is C25H26F3N5O3. The number of nitrogens with zero attached hydrogens (tertiary/aromatic N) is 4. The van der Waals surface area contributed by atoms with E-state index in [2.05, 4.69) is 15.5 Å². The van der Waals surface area contributed by atoms with E-state index >= 15 is 0 Å². The summed E-state index contributed by atoms with van der Waals surface area (Å²) in [5.41, 5.74) is 0.788. The zero-order chi connectivity index (χ0) is 25.8. The Morgan fingerprint density at radius 1 is 1.11 bits per heavy atom. The second-order valence-electron chi connectivity index (χ2n) is 10.2. The summed E-state index contributed by atoms with van der Waals surface area (Å²) < 4.78 is 55.0. The van der Waals surface area contributed by atoms with E-state index in [1.807, 2.05) is 16.8 Å². The van der Waals surface area contributed by atoms with Crippen molar-refractivity contribution in [1.29, 1.82) is 0 Å². The number of benzene rings is 1. The zero-order valence-electron chi connectivity index (χ0n) is 20.3. The van der Waals surface area contributed by atoms with Gasteiger partial charge in [0.05, 0.1) is 5.69 Å². The molecule has 1 unspecified atom stereocenters. The summed E-state index contributed by atoms with van der Waals surface area (Å²) in [7, 11) is 0. The second-order valence-corrected chi connectivity index (χ2v) is 10.2. The molecule has 190 valence electrons. The van der Waals surface area contributed by atoms with Crippen molar-refractivity contribution in [1.82, 2.24) is 25.0 Å². The third-order valence-electron chi connectivity index (χ3n) is 6.36. The molecule has 2 aromatic heterocycles. The predicted octanol–water partition coefficient (Wildman–Crippen LogP) is 4.58. The standard InChI is InChI=1S/C25H26F3N5O3/c1-12-29-23(32-36-12)13-5-6-33-21-11-19(31-24(34)35-25(2,3)4)15(9-20(21)30-22(33)7-13)14-8-17(27)18(28)10-16(14)26/h5-6,8,10,13,15,19H,7,9,11H2,1-4H3,(H,31,34)/t13?,15-,19-/m1/s1. The number of halogens is 3. The van der Waals surface area contributed by atoms with E-state index in [0.717, 1.165) is 17.6 Å². The Bertz CT molecular complexity index is 1360. The van der Waals surface area contributed by atoms with Crippen LogP contribution >= 0.6 is 0 Å². The summed E-state index contributed by atoms with van der Waals surface area (Å²) in [6.45, 7) is 6.92. The van der Waals surface area contributed by atoms with E-state index in [1.165, 1.54) is 0 Å². The summed E-state index contributed by atoms with van der Waals surface area (Å²) >= 11 is 0. The van der Waals surface area contributed by atoms with Crippen LogP contribution in [0.5, 0.6) is 0 Å². The third-order valence-corrected chi connectivity index (χ3v) is 6.36. The minimum atomic E-state index is -1.27. The van der Waals surface area contributed by atoms with Crippen LogP contribution in [0.1, 0.15) is 67.1 Å². The fourth-order valence-electron chi connectivity index (χ4n) is 4.83. The number of rotatable bonds is 3. The lowest BCUT2D eigenvalue weighted by molar-refractivity contribution is 0.0493. The fourth-order valence-corrected chi connectivity index (χ4v) is 4.83. The monoisotopic (exact) mass is 501 g/mol. The van der Waals surface area contributed by atoms with E-state index in [0.29, 0.717) is 36.3 Å². The molecule has 0 bridgehead atoms. The molecule has 5 rings (SSSR count). The summed E-state index contributed by atoms with van der Waals surface area (Å²) in [6, 6.07) is 0.746. The Morgan fingerprint density at radius 2 is 1.86 bits per heavy atom. The van der Waals surface area contributed by atoms with Gasteiger partial charge in [-0.1, -0.05) is 11.2 Å². The number of amides is 1. The minimum absolute atomic E-state index is 0.0257. The maximum Gasteiger partial charge on any atom is 0.407 e. The van der Waals surface area contributed by atoms with Gasteiger partial charge < -0.3 is 19.1 Å². The Morgan fingerprint density at radius 3 is 2.56 bits per heavy atom. The van der Waals surface area contributed by atoms with Crippen LogP contribution in [-0.4, -0.2) is 37.4 Å². The summed E-state index contributed by atoms with van der Waals surface area (Å²) in [4.78, 5) is 21.7. The molecule has 36 heavy (non-hydrogen) atoms. The first-order valence-corrected chi connectivity index (χ1v) is 11.7. The molecule has 0 saturated carbocycles. The van der Waals surface area contributed by atoms with Crippen LogP contribution in [0.25, 0.3) is 6.20 Å². The first-order chi connectivity index (χ1) is 17.0. The van der Waals surface area contributed by atoms with E-state index in [1.54, 1.807) is 27.7 Å². The molecule has 0 spiro atoms. The Hall–Kier alpha value is -3.63. The molecule has 8 nitrogen and oxygen atoms in total. The summed E-state index contributed by atoms with van der Waals surface area (Å²) in [6.07, 6.45) is 4.20. The smallest absolute Gasteiger partial charge is 0.407 e. The quantitative estimate of drug-likeness (QED) is 0.528. The molecule has 1 aliphatic carbocycles. The first-order valence-electron chi connectivity index (χ1n) is 11.7. The number of alkyl carbamates (subject to hydrolysis) is 1. The number of imidazole rings is 1. The highest BCUT2D eigenvalue weighted by atomic mass is 19.2. The number of hydrogen-bond donors (Lipinski definition) is 1. The maximum atomic E-state index is 14.8. The molecule has 3 atom stereocenters. The molecule has 0 fully saturated rings. The molecule has 11 heteroatoms. The Kier molecular flexibility index (Phi) is 5.88. The number of ether oxygens (including phenoxy) is 1. The van der Waals surface area contributed by atoms with E-state index in [4.69, 9.17) is 14.2 Å². The topological polar surface area (TPSA) is 95.1 Å². The van der Waals surface area contributed by atoms with Gasteiger partial charge >= 0.3 is 6.09 Å². The van der Waals surface area contributed by atoms with Crippen LogP contribution in [0.3, 0.4) is 0 Å². The molecule has 1 aromatic carbocycles. The van der Waals surface area contributed by atoms with Gasteiger partial charge in [0.1, 0.15) is 17.2 Å². The molecule has 1 aliphatic heterocycles. The highest BCUT2D eigenvalue weighted by Crippen LogP contribution is 2.37. The molecule has 0 saturated heterocycles. The highest BCUT2D eigenvalue weighted by molar-refractivity contribution is 5.68. The van der Waals surface area contributed by atoms with Gasteiger partial charge in [0.2, 0.25) is 5.89 Å². The van der Waals surface area contributed by atoms with Crippen LogP contribution in [0.2, 0.25) is 0 Å². The maximum absolute atomic E-state index is 14.8. The van der Waals surface area contributed by atoms with Gasteiger partial charge in [0.25, 0.3) is 0 Å². The van der Waals surface area contributed by atoms with Gasteiger partial charge in [-0.25, -0.2) is 22.9 Å². The number of fused-ring (bicyclic) bond motifs is 3. The molecule has 1 N–H and O–H groups in total. The normalized spacial score (nSPS) is 21.1. The number of allylic oxidation sites excluding steroid dienone is 1. The van der Waals surface area contributed by atoms with Gasteiger partial charge in [-0.15, -0.1) is 0 Å². The molecule has 2 aliphatic rings. The van der Waals surface area contributed by atoms with Crippen LogP contribution < -0.4 is 5.32 Å². The van der Waals surface area contributed by atoms with Crippen molar-refractivity contribution < 1.29 is 27.2 Å². The van der Waals surface area contributed by atoms with Crippen molar-refractivity contribution in [2.75, 3.05) is 0 Å². The second kappa shape index (κ2) is 8.79. The molecule has 0 radical (unpaired) electrons. The van der Waals surface area contributed by atoms with Crippen molar-refractivity contribution in [2.24, 2.45) is 0 Å². The van der Waals surface area contributed by atoms with E-state index in [9.17, 15) is 18.0 Å². The fraction of sp³-hybridized carbons (Fsp3) is 0.440. The van der Waals surface area contributed by atoms with Crippen LogP contribution in [0.15, 0.2) is 22.7 Å². The van der Waals surface area contributed by atoms with E-state index in [-0.39, 0.29) is 17.9 Å². The molecule has 1 amide bonds. The highest BCUT2D eigenvalue weighted by Gasteiger charge is 2.38. The number of nitrogens with one attached hydrogen (secondary N) is 1. The first kappa shape index (κ1) is 24.1. The summed E-state index contributed by atoms with van der Waals surface area (Å²) in [5.74, 6) is -2.31. The molecule has 3 heterocycles. The number of aryl methyl sites for hydroxylation is 1. The average molecular weight is 502 g/mol. The number of carbonyl (C=O) groups excluding carboxylic acids is 1. The van der Waals surface area contributed by atoms with Crippen molar-refractivity contribution in [3.63, 3.8) is 0 Å². The van der Waals surface area contributed by atoms with Crippen molar-refractivity contribution >= 4 is 12.3 Å². The van der Waals surface area contributed by atoms with Crippen molar-refractivity contribution in [3.8, 4) is 0 Å². The van der Waals surface area contributed by atoms with E-state index < -0.39 is 41.1 Å². The van der Waals surface area contributed by atoms with Crippen molar-refractivity contribution in [3.05, 3.63) is 70.2 Å². The van der Waals surface area contributed by atoms with Gasteiger partial charge in [-0.3, -0.25) is 0 Å². The lowest BCUT2D eigenvalue weighted by Crippen LogP contribution is -2.46. The summed E-state index contributed by atoms with van der Waals surface area (Å²) in [5, 5.41) is 6.82. The van der Waals surface area contributed by atoms with Gasteiger partial charge in [0, 0.05) is 62.0 Å². The number of hydrogen-bond acceptors (Lipinski definition) is 6. The molecular weight excluding hydrogens is 475 g/mol. The molecule has 3 aromatic rings. The van der Waals surface area contributed by atoms with Crippen molar-refractivity contribution in [2.45, 2.75) is 70.4 Å².